The lowest BCUT2D eigenvalue weighted by molar-refractivity contribution is 1.15. The molecule has 0 unspecified atom stereocenters. The van der Waals surface area contributed by atoms with E-state index in [1.807, 2.05) is 28.7 Å². The summed E-state index contributed by atoms with van der Waals surface area (Å²) in [5.74, 6) is 0. The Kier molecular flexibility index (Phi) is 5.62. The first-order valence-electron chi connectivity index (χ1n) is 18.1. The molecular weight excluding hydrogens is 647 g/mol. The zero-order valence-corrected chi connectivity index (χ0v) is 28.5. The number of hydrogen-bond acceptors (Lipinski definition) is 1. The lowest BCUT2D eigenvalue weighted by Crippen LogP contribution is -2.12. The average Bonchev–Trinajstić information content (AvgIpc) is 3.87. The van der Waals surface area contributed by atoms with Crippen LogP contribution in [0.5, 0.6) is 0 Å². The molecule has 4 aromatic heterocycles. The maximum Gasteiger partial charge on any atom is 0.263 e. The highest BCUT2D eigenvalue weighted by Crippen LogP contribution is 2.42. The van der Waals surface area contributed by atoms with Crippen molar-refractivity contribution >= 4 is 81.6 Å². The molecule has 0 spiro atoms. The van der Waals surface area contributed by atoms with E-state index in [-0.39, 0.29) is 5.56 Å². The first kappa shape index (κ1) is 28.5. The summed E-state index contributed by atoms with van der Waals surface area (Å²) in [6.45, 7) is 0. The average molecular weight is 676 g/mol. The Morgan fingerprint density at radius 1 is 0.302 bits per heavy atom. The van der Waals surface area contributed by atoms with E-state index in [9.17, 15) is 4.79 Å². The topological polar surface area (TPSA) is 31.3 Å². The highest BCUT2D eigenvalue weighted by atomic mass is 16.1. The third kappa shape index (κ3) is 3.76. The summed E-state index contributed by atoms with van der Waals surface area (Å²) in [5, 5.41) is 9.89. The van der Waals surface area contributed by atoms with Gasteiger partial charge in [-0.3, -0.25) is 9.20 Å². The zero-order valence-electron chi connectivity index (χ0n) is 28.5. The Labute approximate surface area is 302 Å². The number of nitrogens with zero attached hydrogens (tertiary/aromatic N) is 3. The molecule has 0 saturated heterocycles. The Bertz CT molecular complexity index is 3530. The van der Waals surface area contributed by atoms with E-state index in [2.05, 4.69) is 161 Å². The van der Waals surface area contributed by atoms with Crippen LogP contribution < -0.4 is 5.56 Å². The van der Waals surface area contributed by atoms with Gasteiger partial charge in [0.2, 0.25) is 0 Å². The molecule has 0 bridgehead atoms. The van der Waals surface area contributed by atoms with Crippen molar-refractivity contribution in [1.82, 2.24) is 13.5 Å². The van der Waals surface area contributed by atoms with Crippen molar-refractivity contribution in [1.29, 1.82) is 0 Å². The van der Waals surface area contributed by atoms with Crippen LogP contribution in [0.2, 0.25) is 0 Å². The predicted molar refractivity (Wildman–Crippen MR) is 221 cm³/mol. The first-order valence-corrected chi connectivity index (χ1v) is 18.1. The van der Waals surface area contributed by atoms with Crippen LogP contribution in [0.1, 0.15) is 0 Å². The number of hydrogen-bond donors (Lipinski definition) is 0. The van der Waals surface area contributed by atoms with Crippen LogP contribution in [-0.2, 0) is 0 Å². The third-order valence-electron chi connectivity index (χ3n) is 11.4. The molecule has 4 heterocycles. The highest BCUT2D eigenvalue weighted by Gasteiger charge is 2.22. The summed E-state index contributed by atoms with van der Waals surface area (Å²) in [4.78, 5) is 14.1. The van der Waals surface area contributed by atoms with Crippen molar-refractivity contribution in [2.75, 3.05) is 0 Å². The summed E-state index contributed by atoms with van der Waals surface area (Å²) in [6.07, 6.45) is 0. The molecule has 53 heavy (non-hydrogen) atoms. The molecule has 0 aliphatic carbocycles. The molecule has 4 nitrogen and oxygen atoms in total. The molecular formula is C49H29N3O. The van der Waals surface area contributed by atoms with Crippen LogP contribution in [0.25, 0.3) is 104 Å². The maximum absolute atomic E-state index is 14.1. The fraction of sp³-hybridized carbons (Fsp3) is 0. The number of fused-ring (bicyclic) bond motifs is 12. The molecule has 0 fully saturated rings. The van der Waals surface area contributed by atoms with E-state index in [1.165, 1.54) is 38.1 Å². The Morgan fingerprint density at radius 2 is 0.774 bits per heavy atom. The molecule has 12 aromatic rings. The van der Waals surface area contributed by atoms with E-state index in [4.69, 9.17) is 0 Å². The Balaban J connectivity index is 1.14. The minimum Gasteiger partial charge on any atom is -0.307 e. The number of pyridine rings is 1. The van der Waals surface area contributed by atoms with Gasteiger partial charge in [0.05, 0.1) is 33.1 Å². The Hall–Kier alpha value is -7.17. The van der Waals surface area contributed by atoms with Crippen molar-refractivity contribution in [3.63, 3.8) is 0 Å². The van der Waals surface area contributed by atoms with Crippen LogP contribution in [0.4, 0.5) is 0 Å². The van der Waals surface area contributed by atoms with E-state index in [0.29, 0.717) is 0 Å². The summed E-state index contributed by atoms with van der Waals surface area (Å²) >= 11 is 0. The van der Waals surface area contributed by atoms with Crippen LogP contribution in [-0.4, -0.2) is 13.5 Å². The third-order valence-corrected chi connectivity index (χ3v) is 11.4. The van der Waals surface area contributed by atoms with E-state index in [1.54, 1.807) is 0 Å². The molecule has 12 rings (SSSR count). The Morgan fingerprint density at radius 3 is 1.47 bits per heavy atom. The lowest BCUT2D eigenvalue weighted by Gasteiger charge is -2.14. The van der Waals surface area contributed by atoms with Crippen molar-refractivity contribution in [2.24, 2.45) is 0 Å². The van der Waals surface area contributed by atoms with Gasteiger partial charge in [0.1, 0.15) is 0 Å². The molecule has 0 aliphatic rings. The lowest BCUT2D eigenvalue weighted by atomic mass is 9.98. The van der Waals surface area contributed by atoms with Gasteiger partial charge in [-0.2, -0.15) is 0 Å². The van der Waals surface area contributed by atoms with Crippen molar-refractivity contribution in [3.8, 4) is 22.5 Å². The first-order chi connectivity index (χ1) is 26.2. The molecule has 4 heteroatoms. The van der Waals surface area contributed by atoms with Gasteiger partial charge in [-0.1, -0.05) is 121 Å². The molecule has 0 saturated carbocycles. The van der Waals surface area contributed by atoms with E-state index < -0.39 is 0 Å². The normalized spacial score (nSPS) is 12.2. The monoisotopic (exact) mass is 675 g/mol. The van der Waals surface area contributed by atoms with Crippen molar-refractivity contribution in [3.05, 3.63) is 186 Å². The minimum atomic E-state index is 0.0216. The summed E-state index contributed by atoms with van der Waals surface area (Å²) in [5.41, 5.74) is 11.1. The van der Waals surface area contributed by atoms with E-state index >= 15 is 0 Å². The predicted octanol–water partition coefficient (Wildman–Crippen LogP) is 12.1. The van der Waals surface area contributed by atoms with Gasteiger partial charge in [-0.15, -0.1) is 0 Å². The number of rotatable bonds is 3. The smallest absolute Gasteiger partial charge is 0.263 e. The molecule has 0 N–H and O–H groups in total. The van der Waals surface area contributed by atoms with Crippen molar-refractivity contribution < 1.29 is 0 Å². The SMILES string of the molecule is O=c1c2ccc(-c3cccc(-n4c5ccccc5c5ccc6c7ccccc7n(-c7ccccc7)c6c54)c3)cc2c2cccc3c4ccccc4n1c23. The number of para-hydroxylation sites is 5. The van der Waals surface area contributed by atoms with Crippen molar-refractivity contribution in [2.45, 2.75) is 0 Å². The van der Waals surface area contributed by atoms with Gasteiger partial charge >= 0.3 is 0 Å². The minimum absolute atomic E-state index is 0.0216. The molecule has 0 aliphatic heterocycles. The molecule has 0 radical (unpaired) electrons. The second kappa shape index (κ2) is 10.4. The van der Waals surface area contributed by atoms with Crippen LogP contribution in [0.3, 0.4) is 0 Å². The zero-order chi connectivity index (χ0) is 34.8. The van der Waals surface area contributed by atoms with Crippen LogP contribution >= 0.6 is 0 Å². The van der Waals surface area contributed by atoms with Gasteiger partial charge in [0.25, 0.3) is 5.56 Å². The summed E-state index contributed by atoms with van der Waals surface area (Å²) in [7, 11) is 0. The summed E-state index contributed by atoms with van der Waals surface area (Å²) < 4.78 is 6.77. The highest BCUT2D eigenvalue weighted by molar-refractivity contribution is 6.24. The maximum atomic E-state index is 14.1. The fourth-order valence-corrected chi connectivity index (χ4v) is 9.14. The largest absolute Gasteiger partial charge is 0.307 e. The number of aromatic nitrogens is 3. The number of benzene rings is 8. The second-order valence-corrected chi connectivity index (χ2v) is 14.1. The summed E-state index contributed by atoms with van der Waals surface area (Å²) in [6, 6.07) is 62.5. The standard InChI is InChI=1S/C49H29N3O/c53-49-41-25-24-31(29-42(41)38-20-11-19-37-34-16-6-9-23-45(34)52(49)46(37)38)30-12-10-15-33(28-30)51-44-22-8-5-18-36(44)40-27-26-39-35-17-4-7-21-43(35)50(47(39)48(40)51)32-13-2-1-3-14-32/h1-29H. The second-order valence-electron chi connectivity index (χ2n) is 14.1. The quantitative estimate of drug-likeness (QED) is 0.172. The van der Waals surface area contributed by atoms with Crippen LogP contribution in [0.15, 0.2) is 181 Å². The van der Waals surface area contributed by atoms with Gasteiger partial charge in [0, 0.05) is 54.5 Å². The van der Waals surface area contributed by atoms with Gasteiger partial charge in [0.15, 0.2) is 0 Å². The van der Waals surface area contributed by atoms with Gasteiger partial charge in [-0.25, -0.2) is 0 Å². The van der Waals surface area contributed by atoms with Crippen LogP contribution in [0, 0.1) is 0 Å². The van der Waals surface area contributed by atoms with Gasteiger partial charge in [-0.05, 0) is 71.1 Å². The molecule has 0 amide bonds. The molecule has 8 aromatic carbocycles. The molecule has 246 valence electrons. The molecule has 0 atom stereocenters. The van der Waals surface area contributed by atoms with Gasteiger partial charge < -0.3 is 9.13 Å². The van der Waals surface area contributed by atoms with E-state index in [0.717, 1.165) is 66.0 Å². The fourth-order valence-electron chi connectivity index (χ4n) is 9.14.